The zero-order valence-electron chi connectivity index (χ0n) is 8.86. The summed E-state index contributed by atoms with van der Waals surface area (Å²) in [6.07, 6.45) is 3.44. The summed E-state index contributed by atoms with van der Waals surface area (Å²) in [4.78, 5) is 25.6. The van der Waals surface area contributed by atoms with Gasteiger partial charge < -0.3 is 15.7 Å². The summed E-state index contributed by atoms with van der Waals surface area (Å²) >= 11 is 0. The molecule has 16 heavy (non-hydrogen) atoms. The topological polar surface area (TPSA) is 91.3 Å². The van der Waals surface area contributed by atoms with Gasteiger partial charge in [-0.05, 0) is 12.5 Å². The van der Waals surface area contributed by atoms with Crippen molar-refractivity contribution in [2.75, 3.05) is 11.9 Å². The lowest BCUT2D eigenvalue weighted by Crippen LogP contribution is -2.29. The van der Waals surface area contributed by atoms with E-state index in [-0.39, 0.29) is 11.6 Å². The maximum atomic E-state index is 11.3. The summed E-state index contributed by atoms with van der Waals surface area (Å²) in [6, 6.07) is 0.979. The summed E-state index contributed by atoms with van der Waals surface area (Å²) in [7, 11) is 0. The van der Waals surface area contributed by atoms with Crippen LogP contribution in [0.2, 0.25) is 0 Å². The van der Waals surface area contributed by atoms with E-state index < -0.39 is 5.97 Å². The van der Waals surface area contributed by atoms with Crippen LogP contribution < -0.4 is 10.6 Å². The summed E-state index contributed by atoms with van der Waals surface area (Å²) in [6.45, 7) is 2.50. The minimum Gasteiger partial charge on any atom is -0.478 e. The molecule has 0 aromatic carbocycles. The number of carbonyl (C=O) groups is 2. The van der Waals surface area contributed by atoms with E-state index in [0.29, 0.717) is 12.2 Å². The van der Waals surface area contributed by atoms with Crippen LogP contribution in [0.4, 0.5) is 10.5 Å². The number of hydrogen-bond donors (Lipinski definition) is 3. The number of pyridine rings is 1. The summed E-state index contributed by atoms with van der Waals surface area (Å²) < 4.78 is 0. The predicted molar refractivity (Wildman–Crippen MR) is 58.5 cm³/mol. The molecular formula is C10H13N3O3. The Morgan fingerprint density at radius 1 is 1.44 bits per heavy atom. The van der Waals surface area contributed by atoms with Gasteiger partial charge in [0.15, 0.2) is 0 Å². The highest BCUT2D eigenvalue weighted by Crippen LogP contribution is 2.07. The number of nitrogens with zero attached hydrogens (tertiary/aromatic N) is 1. The summed E-state index contributed by atoms with van der Waals surface area (Å²) in [5.74, 6) is -1.08. The number of rotatable bonds is 4. The third kappa shape index (κ3) is 3.56. The number of carboxylic acid groups (broad SMARTS) is 1. The zero-order chi connectivity index (χ0) is 12.0. The smallest absolute Gasteiger partial charge is 0.337 e. The molecular weight excluding hydrogens is 210 g/mol. The average Bonchev–Trinajstić information content (AvgIpc) is 2.26. The molecule has 3 N–H and O–H groups in total. The molecule has 0 fully saturated rings. The number of anilines is 1. The molecule has 0 aliphatic heterocycles. The van der Waals surface area contributed by atoms with Gasteiger partial charge in [0.05, 0.1) is 17.4 Å². The number of carboxylic acids is 1. The second-order valence-electron chi connectivity index (χ2n) is 3.15. The first-order valence-electron chi connectivity index (χ1n) is 4.86. The van der Waals surface area contributed by atoms with E-state index in [2.05, 4.69) is 15.6 Å². The van der Waals surface area contributed by atoms with Crippen molar-refractivity contribution in [3.63, 3.8) is 0 Å². The van der Waals surface area contributed by atoms with Crippen LogP contribution in [0, 0.1) is 0 Å². The minimum absolute atomic E-state index is 0.0355. The van der Waals surface area contributed by atoms with Crippen molar-refractivity contribution in [2.24, 2.45) is 0 Å². The second kappa shape index (κ2) is 5.69. The Hall–Kier alpha value is -2.11. The molecule has 0 bridgehead atoms. The lowest BCUT2D eigenvalue weighted by atomic mass is 10.3. The second-order valence-corrected chi connectivity index (χ2v) is 3.15. The zero-order valence-corrected chi connectivity index (χ0v) is 8.86. The fourth-order valence-electron chi connectivity index (χ4n) is 1.04. The third-order valence-electron chi connectivity index (χ3n) is 1.78. The number of aromatic carboxylic acids is 1. The van der Waals surface area contributed by atoms with Crippen LogP contribution in [0.25, 0.3) is 0 Å². The molecule has 6 nitrogen and oxygen atoms in total. The normalized spacial score (nSPS) is 9.56. The molecule has 0 saturated heterocycles. The van der Waals surface area contributed by atoms with Gasteiger partial charge in [-0.25, -0.2) is 9.59 Å². The number of urea groups is 1. The average molecular weight is 223 g/mol. The molecule has 0 aliphatic rings. The third-order valence-corrected chi connectivity index (χ3v) is 1.78. The van der Waals surface area contributed by atoms with Crippen LogP contribution in [-0.4, -0.2) is 28.6 Å². The lowest BCUT2D eigenvalue weighted by Gasteiger charge is -2.06. The fraction of sp³-hybridized carbons (Fsp3) is 0.300. The minimum atomic E-state index is -1.08. The van der Waals surface area contributed by atoms with Gasteiger partial charge in [0, 0.05) is 12.7 Å². The summed E-state index contributed by atoms with van der Waals surface area (Å²) in [5.41, 5.74) is 0.391. The van der Waals surface area contributed by atoms with Crippen molar-refractivity contribution in [3.05, 3.63) is 24.0 Å². The quantitative estimate of drug-likeness (QED) is 0.717. The largest absolute Gasteiger partial charge is 0.478 e. The molecule has 0 unspecified atom stereocenters. The van der Waals surface area contributed by atoms with Gasteiger partial charge in [0.25, 0.3) is 0 Å². The van der Waals surface area contributed by atoms with E-state index >= 15 is 0 Å². The highest BCUT2D eigenvalue weighted by Gasteiger charge is 2.06. The van der Waals surface area contributed by atoms with E-state index in [1.54, 1.807) is 0 Å². The monoisotopic (exact) mass is 223 g/mol. The van der Waals surface area contributed by atoms with Crippen LogP contribution >= 0.6 is 0 Å². The van der Waals surface area contributed by atoms with Gasteiger partial charge >= 0.3 is 12.0 Å². The van der Waals surface area contributed by atoms with Crippen molar-refractivity contribution in [3.8, 4) is 0 Å². The van der Waals surface area contributed by atoms with Crippen LogP contribution in [-0.2, 0) is 0 Å². The first kappa shape index (κ1) is 12.0. The predicted octanol–water partition coefficient (Wildman–Crippen LogP) is 1.31. The lowest BCUT2D eigenvalue weighted by molar-refractivity contribution is 0.0696. The van der Waals surface area contributed by atoms with E-state index in [0.717, 1.165) is 6.42 Å². The Morgan fingerprint density at radius 3 is 2.81 bits per heavy atom. The Bertz CT molecular complexity index is 393. The number of hydrogen-bond acceptors (Lipinski definition) is 3. The highest BCUT2D eigenvalue weighted by atomic mass is 16.4. The van der Waals surface area contributed by atoms with Crippen LogP contribution in [0.5, 0.6) is 0 Å². The van der Waals surface area contributed by atoms with Crippen LogP contribution in [0.15, 0.2) is 18.5 Å². The fourth-order valence-corrected chi connectivity index (χ4v) is 1.04. The van der Waals surface area contributed by atoms with E-state index in [1.807, 2.05) is 6.92 Å². The molecule has 0 aliphatic carbocycles. The van der Waals surface area contributed by atoms with Crippen LogP contribution in [0.1, 0.15) is 23.7 Å². The maximum absolute atomic E-state index is 11.3. The van der Waals surface area contributed by atoms with Crippen molar-refractivity contribution < 1.29 is 14.7 Å². The highest BCUT2D eigenvalue weighted by molar-refractivity contribution is 5.92. The Morgan fingerprint density at radius 2 is 2.19 bits per heavy atom. The van der Waals surface area contributed by atoms with Gasteiger partial charge in [0.2, 0.25) is 0 Å². The maximum Gasteiger partial charge on any atom is 0.337 e. The van der Waals surface area contributed by atoms with Crippen molar-refractivity contribution in [1.82, 2.24) is 10.3 Å². The first-order chi connectivity index (χ1) is 7.63. The Kier molecular flexibility index (Phi) is 4.26. The molecule has 1 aromatic rings. The molecule has 0 atom stereocenters. The number of aromatic nitrogens is 1. The molecule has 0 saturated carbocycles. The van der Waals surface area contributed by atoms with Crippen molar-refractivity contribution >= 4 is 17.7 Å². The molecule has 0 spiro atoms. The molecule has 1 aromatic heterocycles. The van der Waals surface area contributed by atoms with Gasteiger partial charge in [0.1, 0.15) is 0 Å². The first-order valence-corrected chi connectivity index (χ1v) is 4.86. The molecule has 0 radical (unpaired) electrons. The number of nitrogens with one attached hydrogen (secondary N) is 2. The Balaban J connectivity index is 2.63. The van der Waals surface area contributed by atoms with E-state index in [9.17, 15) is 9.59 Å². The molecule has 1 heterocycles. The van der Waals surface area contributed by atoms with Gasteiger partial charge in [-0.1, -0.05) is 6.92 Å². The summed E-state index contributed by atoms with van der Waals surface area (Å²) in [5, 5.41) is 13.8. The molecule has 6 heteroatoms. The standard InChI is InChI=1S/C10H13N3O3/c1-2-3-12-10(16)13-8-4-7(9(14)15)5-11-6-8/h4-6H,2-3H2,1H3,(H,14,15)(H2,12,13,16). The van der Waals surface area contributed by atoms with Crippen molar-refractivity contribution in [2.45, 2.75) is 13.3 Å². The van der Waals surface area contributed by atoms with E-state index in [4.69, 9.17) is 5.11 Å². The number of amides is 2. The van der Waals surface area contributed by atoms with Crippen LogP contribution in [0.3, 0.4) is 0 Å². The SMILES string of the molecule is CCCNC(=O)Nc1cncc(C(=O)O)c1. The van der Waals surface area contributed by atoms with Gasteiger partial charge in [-0.2, -0.15) is 0 Å². The number of carbonyl (C=O) groups excluding carboxylic acids is 1. The van der Waals surface area contributed by atoms with Gasteiger partial charge in [-0.15, -0.1) is 0 Å². The Labute approximate surface area is 92.7 Å². The molecule has 2 amide bonds. The molecule has 1 rings (SSSR count). The van der Waals surface area contributed by atoms with Crippen molar-refractivity contribution in [1.29, 1.82) is 0 Å². The van der Waals surface area contributed by atoms with Gasteiger partial charge in [-0.3, -0.25) is 4.98 Å². The van der Waals surface area contributed by atoms with E-state index in [1.165, 1.54) is 18.5 Å². The molecule has 86 valence electrons.